The molecular weight excluding hydrogens is 397 g/mol. The molecule has 27 heavy (non-hydrogen) atoms. The summed E-state index contributed by atoms with van der Waals surface area (Å²) in [7, 11) is -3.84. The number of carbonyl (C=O) groups is 1. The molecule has 0 radical (unpaired) electrons. The molecule has 2 rings (SSSR count). The summed E-state index contributed by atoms with van der Waals surface area (Å²) in [5, 5.41) is 4.63. The van der Waals surface area contributed by atoms with Gasteiger partial charge in [0.25, 0.3) is 10.0 Å². The standard InChI is InChI=1S/C15H12F5N3O3S/c1-6-3-4-7(5-8(6)22-15(24)21-2)23-27(25,26)14-12(19)10(17)9(16)11(18)13(14)20/h3-5,23H,1-2H3,(H2,21,22,24). The van der Waals surface area contributed by atoms with Crippen LogP contribution < -0.4 is 15.4 Å². The van der Waals surface area contributed by atoms with E-state index in [4.69, 9.17) is 0 Å². The van der Waals surface area contributed by atoms with E-state index in [1.807, 2.05) is 0 Å². The fraction of sp³-hybridized carbons (Fsp3) is 0.133. The number of hydrogen-bond acceptors (Lipinski definition) is 3. The fourth-order valence-electron chi connectivity index (χ4n) is 2.03. The van der Waals surface area contributed by atoms with E-state index < -0.39 is 50.0 Å². The van der Waals surface area contributed by atoms with E-state index in [9.17, 15) is 35.2 Å². The summed E-state index contributed by atoms with van der Waals surface area (Å²) in [6.07, 6.45) is 0. The van der Waals surface area contributed by atoms with E-state index in [0.717, 1.165) is 6.07 Å². The fourth-order valence-corrected chi connectivity index (χ4v) is 3.22. The Hall–Kier alpha value is -2.89. The summed E-state index contributed by atoms with van der Waals surface area (Å²) in [5.41, 5.74) is 0.376. The van der Waals surface area contributed by atoms with Gasteiger partial charge in [-0.3, -0.25) is 4.72 Å². The van der Waals surface area contributed by atoms with Crippen LogP contribution >= 0.6 is 0 Å². The topological polar surface area (TPSA) is 87.3 Å². The van der Waals surface area contributed by atoms with Crippen molar-refractivity contribution < 1.29 is 35.2 Å². The van der Waals surface area contributed by atoms with Gasteiger partial charge in [-0.1, -0.05) is 6.07 Å². The molecule has 0 fully saturated rings. The van der Waals surface area contributed by atoms with Gasteiger partial charge in [0.15, 0.2) is 28.2 Å². The number of sulfonamides is 1. The van der Waals surface area contributed by atoms with E-state index in [1.165, 1.54) is 19.2 Å². The number of halogens is 5. The molecule has 12 heteroatoms. The Labute approximate surface area is 150 Å². The van der Waals surface area contributed by atoms with Crippen LogP contribution in [0.1, 0.15) is 5.56 Å². The Morgan fingerprint density at radius 2 is 1.44 bits per heavy atom. The molecule has 2 aromatic carbocycles. The zero-order valence-electron chi connectivity index (χ0n) is 13.8. The van der Waals surface area contributed by atoms with E-state index >= 15 is 0 Å². The van der Waals surface area contributed by atoms with Crippen LogP contribution in [0.5, 0.6) is 0 Å². The number of rotatable bonds is 4. The van der Waals surface area contributed by atoms with Crippen molar-refractivity contribution in [2.24, 2.45) is 0 Å². The number of benzene rings is 2. The van der Waals surface area contributed by atoms with Crippen molar-refractivity contribution in [3.8, 4) is 0 Å². The van der Waals surface area contributed by atoms with Crippen LogP contribution in [0.2, 0.25) is 0 Å². The molecule has 0 saturated carbocycles. The summed E-state index contributed by atoms with van der Waals surface area (Å²) < 4.78 is 93.2. The van der Waals surface area contributed by atoms with Crippen LogP contribution in [0.4, 0.5) is 38.1 Å². The van der Waals surface area contributed by atoms with Crippen molar-refractivity contribution in [2.45, 2.75) is 11.8 Å². The number of aryl methyl sites for hydroxylation is 1. The first-order valence-corrected chi connectivity index (χ1v) is 8.61. The summed E-state index contributed by atoms with van der Waals surface area (Å²) >= 11 is 0. The summed E-state index contributed by atoms with van der Waals surface area (Å²) in [5.74, 6) is -12.2. The van der Waals surface area contributed by atoms with Gasteiger partial charge in [-0.05, 0) is 24.6 Å². The summed E-state index contributed by atoms with van der Waals surface area (Å²) in [6, 6.07) is 3.02. The molecule has 0 bridgehead atoms. The highest BCUT2D eigenvalue weighted by Gasteiger charge is 2.33. The molecule has 0 atom stereocenters. The maximum Gasteiger partial charge on any atom is 0.318 e. The van der Waals surface area contributed by atoms with E-state index in [1.54, 1.807) is 11.6 Å². The predicted molar refractivity (Wildman–Crippen MR) is 86.3 cm³/mol. The van der Waals surface area contributed by atoms with Gasteiger partial charge in [0, 0.05) is 12.7 Å². The first-order chi connectivity index (χ1) is 12.5. The highest BCUT2D eigenvalue weighted by molar-refractivity contribution is 7.92. The van der Waals surface area contributed by atoms with Crippen LogP contribution in [0.15, 0.2) is 23.1 Å². The number of nitrogens with one attached hydrogen (secondary N) is 3. The lowest BCUT2D eigenvalue weighted by Crippen LogP contribution is -2.25. The van der Waals surface area contributed by atoms with Gasteiger partial charge in [-0.25, -0.2) is 35.2 Å². The van der Waals surface area contributed by atoms with Gasteiger partial charge < -0.3 is 10.6 Å². The van der Waals surface area contributed by atoms with Crippen molar-refractivity contribution in [1.29, 1.82) is 0 Å². The second kappa shape index (κ2) is 7.39. The number of amides is 2. The van der Waals surface area contributed by atoms with Crippen molar-refractivity contribution in [1.82, 2.24) is 5.32 Å². The molecule has 3 N–H and O–H groups in total. The minimum atomic E-state index is -5.18. The number of urea groups is 1. The first kappa shape index (κ1) is 20.4. The van der Waals surface area contributed by atoms with E-state index in [-0.39, 0.29) is 11.4 Å². The van der Waals surface area contributed by atoms with Gasteiger partial charge in [0.1, 0.15) is 0 Å². The normalized spacial score (nSPS) is 11.2. The van der Waals surface area contributed by atoms with Crippen molar-refractivity contribution in [3.63, 3.8) is 0 Å². The van der Waals surface area contributed by atoms with Gasteiger partial charge in [-0.2, -0.15) is 0 Å². The lowest BCUT2D eigenvalue weighted by Gasteiger charge is -2.14. The van der Waals surface area contributed by atoms with Crippen LogP contribution in [0.25, 0.3) is 0 Å². The van der Waals surface area contributed by atoms with Crippen LogP contribution in [-0.2, 0) is 10.0 Å². The lowest BCUT2D eigenvalue weighted by molar-refractivity contribution is 0.254. The number of hydrogen-bond donors (Lipinski definition) is 3. The van der Waals surface area contributed by atoms with Crippen LogP contribution in [0, 0.1) is 36.0 Å². The van der Waals surface area contributed by atoms with Crippen LogP contribution in [0.3, 0.4) is 0 Å². The van der Waals surface area contributed by atoms with Gasteiger partial charge >= 0.3 is 6.03 Å². The van der Waals surface area contributed by atoms with Crippen molar-refractivity contribution in [3.05, 3.63) is 52.8 Å². The molecule has 146 valence electrons. The quantitative estimate of drug-likeness (QED) is 0.412. The van der Waals surface area contributed by atoms with Gasteiger partial charge in [0.2, 0.25) is 5.82 Å². The Kier molecular flexibility index (Phi) is 5.59. The molecule has 0 aliphatic carbocycles. The second-order valence-electron chi connectivity index (χ2n) is 5.24. The summed E-state index contributed by atoms with van der Waals surface area (Å²) in [4.78, 5) is 9.36. The third-order valence-electron chi connectivity index (χ3n) is 3.40. The minimum absolute atomic E-state index is 0.145. The molecule has 0 aromatic heterocycles. The maximum absolute atomic E-state index is 13.8. The molecule has 6 nitrogen and oxygen atoms in total. The number of anilines is 2. The predicted octanol–water partition coefficient (Wildman–Crippen LogP) is 3.24. The Morgan fingerprint density at radius 3 is 1.96 bits per heavy atom. The monoisotopic (exact) mass is 409 g/mol. The zero-order chi connectivity index (χ0) is 20.5. The maximum atomic E-state index is 13.8. The van der Waals surface area contributed by atoms with E-state index in [2.05, 4.69) is 10.6 Å². The molecule has 0 aliphatic heterocycles. The van der Waals surface area contributed by atoms with Crippen molar-refractivity contribution >= 4 is 27.4 Å². The molecule has 2 amide bonds. The average Bonchev–Trinajstić information content (AvgIpc) is 2.60. The highest BCUT2D eigenvalue weighted by atomic mass is 32.2. The largest absolute Gasteiger partial charge is 0.341 e. The highest BCUT2D eigenvalue weighted by Crippen LogP contribution is 2.29. The third kappa shape index (κ3) is 3.94. The second-order valence-corrected chi connectivity index (χ2v) is 6.86. The molecule has 0 spiro atoms. The SMILES string of the molecule is CNC(=O)Nc1cc(NS(=O)(=O)c2c(F)c(F)c(F)c(F)c2F)ccc1C. The van der Waals surface area contributed by atoms with Gasteiger partial charge in [0.05, 0.1) is 5.69 Å². The van der Waals surface area contributed by atoms with Gasteiger partial charge in [-0.15, -0.1) is 0 Å². The van der Waals surface area contributed by atoms with E-state index in [0.29, 0.717) is 5.56 Å². The smallest absolute Gasteiger partial charge is 0.318 e. The molecule has 2 aromatic rings. The molecule has 0 aliphatic rings. The zero-order valence-corrected chi connectivity index (χ0v) is 14.6. The number of carbonyl (C=O) groups excluding carboxylic acids is 1. The molecule has 0 saturated heterocycles. The Morgan fingerprint density at radius 1 is 0.926 bits per heavy atom. The Balaban J connectivity index is 2.49. The molecule has 0 unspecified atom stereocenters. The summed E-state index contributed by atoms with van der Waals surface area (Å²) in [6.45, 7) is 1.58. The Bertz CT molecular complexity index is 999. The van der Waals surface area contributed by atoms with Crippen molar-refractivity contribution in [2.75, 3.05) is 17.1 Å². The lowest BCUT2D eigenvalue weighted by atomic mass is 10.2. The molecule has 0 heterocycles. The van der Waals surface area contributed by atoms with Crippen LogP contribution in [-0.4, -0.2) is 21.5 Å². The molecular formula is C15H12F5N3O3S. The minimum Gasteiger partial charge on any atom is -0.341 e. The third-order valence-corrected chi connectivity index (χ3v) is 4.80. The average molecular weight is 409 g/mol. The first-order valence-electron chi connectivity index (χ1n) is 7.13.